The van der Waals surface area contributed by atoms with Crippen molar-refractivity contribution in [3.8, 4) is 0 Å². The van der Waals surface area contributed by atoms with Crippen LogP contribution in [0.5, 0.6) is 0 Å². The zero-order valence-corrected chi connectivity index (χ0v) is 1.41. The maximum atomic E-state index is 0. The van der Waals surface area contributed by atoms with Gasteiger partial charge in [0.15, 0.2) is 0 Å². The quantitative estimate of drug-likeness (QED) is 0.395. The van der Waals surface area contributed by atoms with Crippen molar-refractivity contribution < 1.29 is 0 Å². The molecule has 0 heterocycles. The first-order chi connectivity index (χ1) is 0. The second-order valence-corrected chi connectivity index (χ2v) is 0. The Hall–Kier alpha value is 4.19. The summed E-state index contributed by atoms with van der Waals surface area (Å²) in [4.78, 5) is 0. The van der Waals surface area contributed by atoms with E-state index in [1.165, 1.54) is 0 Å². The average molecular weight is 138 g/mol. The first-order valence-corrected chi connectivity index (χ1v) is 0. The molecule has 0 aromatic rings. The molecule has 5 heavy (non-hydrogen) atoms. The van der Waals surface area contributed by atoms with E-state index in [1.54, 1.807) is 0 Å². The predicted octanol–water partition coefficient (Wildman–Crippen LogP) is -1.62. The standard InChI is InChI=1S/2K.2H3N.Na.3H/h;;2*1H3;;;;. The van der Waals surface area contributed by atoms with Crippen LogP contribution in [0, 0.1) is 0 Å². The van der Waals surface area contributed by atoms with Gasteiger partial charge in [0.1, 0.15) is 0 Å². The summed E-state index contributed by atoms with van der Waals surface area (Å²) in [6.45, 7) is 0. The van der Waals surface area contributed by atoms with Crippen molar-refractivity contribution in [2.24, 2.45) is 0 Å². The van der Waals surface area contributed by atoms with E-state index in [-0.39, 0.29) is 145 Å². The van der Waals surface area contributed by atoms with Gasteiger partial charge in [0, 0.05) is 0 Å². The summed E-state index contributed by atoms with van der Waals surface area (Å²) in [7, 11) is 0. The van der Waals surface area contributed by atoms with Crippen LogP contribution < -0.4 is 12.3 Å². The topological polar surface area (TPSA) is 70.0 Å². The van der Waals surface area contributed by atoms with E-state index >= 15 is 0 Å². The van der Waals surface area contributed by atoms with Gasteiger partial charge in [-0.05, 0) is 0 Å². The fraction of sp³-hybridized carbons (Fsp3) is 0. The second-order valence-electron chi connectivity index (χ2n) is 0. The van der Waals surface area contributed by atoms with Crippen molar-refractivity contribution in [2.45, 2.75) is 0 Å². The van der Waals surface area contributed by atoms with Crippen LogP contribution in [-0.4, -0.2) is 132 Å². The van der Waals surface area contributed by atoms with E-state index in [2.05, 4.69) is 0 Å². The molecule has 6 N–H and O–H groups in total. The Morgan fingerprint density at radius 1 is 0.600 bits per heavy atom. The molecule has 0 fully saturated rings. The zero-order valence-electron chi connectivity index (χ0n) is 1.41. The number of rotatable bonds is 0. The van der Waals surface area contributed by atoms with Gasteiger partial charge in [-0.25, -0.2) is 0 Å². The summed E-state index contributed by atoms with van der Waals surface area (Å²) in [6, 6.07) is 0. The third kappa shape index (κ3) is 17.9. The Balaban J connectivity index is 0. The molecule has 2 nitrogen and oxygen atoms in total. The second kappa shape index (κ2) is 24.1. The zero-order chi connectivity index (χ0) is 0. The third-order valence-corrected chi connectivity index (χ3v) is 0. The van der Waals surface area contributed by atoms with Crippen LogP contribution >= 0.6 is 0 Å². The molecule has 0 radical (unpaired) electrons. The third-order valence-electron chi connectivity index (χ3n) is 0. The van der Waals surface area contributed by atoms with Crippen molar-refractivity contribution in [3.05, 3.63) is 0 Å². The summed E-state index contributed by atoms with van der Waals surface area (Å²) in [5.74, 6) is 0. The van der Waals surface area contributed by atoms with Crippen LogP contribution in [0.3, 0.4) is 0 Å². The van der Waals surface area contributed by atoms with E-state index in [0.717, 1.165) is 0 Å². The Labute approximate surface area is 140 Å². The molecule has 0 spiro atoms. The molecule has 22 valence electrons. The molecule has 0 saturated heterocycles. The Kier molecular flexibility index (Phi) is 169. The van der Waals surface area contributed by atoms with Gasteiger partial charge in [-0.2, -0.15) is 0 Å². The Bertz CT molecular complexity index is 7.61. The van der Waals surface area contributed by atoms with E-state index in [4.69, 9.17) is 0 Å². The van der Waals surface area contributed by atoms with Gasteiger partial charge in [-0.1, -0.05) is 0 Å². The first-order valence-electron chi connectivity index (χ1n) is 0. The molecular weight excluding hydrogens is 129 g/mol. The SMILES string of the molecule is N.N.[KH].[KH].[NaH]. The molecule has 0 aliphatic carbocycles. The van der Waals surface area contributed by atoms with Gasteiger partial charge in [0.05, 0.1) is 0 Å². The van der Waals surface area contributed by atoms with Gasteiger partial charge in [-0.15, -0.1) is 0 Å². The molecule has 0 aromatic carbocycles. The van der Waals surface area contributed by atoms with Crippen molar-refractivity contribution in [1.82, 2.24) is 12.3 Å². The van der Waals surface area contributed by atoms with E-state index in [9.17, 15) is 0 Å². The van der Waals surface area contributed by atoms with E-state index in [0.29, 0.717) is 0 Å². The maximum absolute atomic E-state index is 0. The summed E-state index contributed by atoms with van der Waals surface area (Å²) < 4.78 is 0. The van der Waals surface area contributed by atoms with Crippen LogP contribution in [0.15, 0.2) is 0 Å². The molecule has 0 aliphatic rings. The first kappa shape index (κ1) is 35.1. The van der Waals surface area contributed by atoms with Crippen molar-refractivity contribution in [1.29, 1.82) is 0 Å². The van der Waals surface area contributed by atoms with Crippen LogP contribution in [0.2, 0.25) is 0 Å². The number of hydrogen-bond acceptors (Lipinski definition) is 2. The van der Waals surface area contributed by atoms with Gasteiger partial charge in [0.25, 0.3) is 0 Å². The van der Waals surface area contributed by atoms with E-state index < -0.39 is 0 Å². The van der Waals surface area contributed by atoms with Crippen molar-refractivity contribution in [3.63, 3.8) is 0 Å². The average Bonchev–Trinajstić information content (AvgIpc) is 0. The minimum absolute atomic E-state index is 0. The molecular formula is H9K2N2Na. The van der Waals surface area contributed by atoms with Gasteiger partial charge in [-0.3, -0.25) is 0 Å². The molecule has 0 aliphatic heterocycles. The normalized spacial score (nSPS) is 0. The van der Waals surface area contributed by atoms with Crippen LogP contribution in [-0.2, 0) is 0 Å². The molecule has 5 heteroatoms. The predicted molar refractivity (Wildman–Crippen MR) is 31.5 cm³/mol. The van der Waals surface area contributed by atoms with Crippen LogP contribution in [0.25, 0.3) is 0 Å². The molecule has 0 unspecified atom stereocenters. The molecule has 0 bridgehead atoms. The van der Waals surface area contributed by atoms with Crippen molar-refractivity contribution in [2.75, 3.05) is 0 Å². The van der Waals surface area contributed by atoms with E-state index in [1.807, 2.05) is 0 Å². The molecule has 0 rings (SSSR count). The summed E-state index contributed by atoms with van der Waals surface area (Å²) in [5, 5.41) is 0. The van der Waals surface area contributed by atoms with Gasteiger partial charge in [0.2, 0.25) is 0 Å². The monoisotopic (exact) mass is 138 g/mol. The fourth-order valence-electron chi connectivity index (χ4n) is 0. The fourth-order valence-corrected chi connectivity index (χ4v) is 0. The molecule has 0 aromatic heterocycles. The Morgan fingerprint density at radius 3 is 0.600 bits per heavy atom. The molecule has 0 amide bonds. The Morgan fingerprint density at radius 2 is 0.600 bits per heavy atom. The van der Waals surface area contributed by atoms with Gasteiger partial charge < -0.3 is 12.3 Å². The molecule has 0 atom stereocenters. The van der Waals surface area contributed by atoms with Crippen molar-refractivity contribution >= 4 is 132 Å². The summed E-state index contributed by atoms with van der Waals surface area (Å²) in [6.07, 6.45) is 0. The van der Waals surface area contributed by atoms with Crippen LogP contribution in [0.4, 0.5) is 0 Å². The molecule has 0 saturated carbocycles. The minimum atomic E-state index is 0. The number of hydrogen-bond donors (Lipinski definition) is 2. The van der Waals surface area contributed by atoms with Crippen LogP contribution in [0.1, 0.15) is 0 Å². The summed E-state index contributed by atoms with van der Waals surface area (Å²) >= 11 is 0. The summed E-state index contributed by atoms with van der Waals surface area (Å²) in [5.41, 5.74) is 0. The van der Waals surface area contributed by atoms with Gasteiger partial charge >= 0.3 is 132 Å².